The number of nitrogens with one attached hydrogen (secondary N) is 1. The third-order valence-electron chi connectivity index (χ3n) is 4.81. The first-order chi connectivity index (χ1) is 13.7. The Hall–Kier alpha value is -2.59. The predicted octanol–water partition coefficient (Wildman–Crippen LogP) is 1.57. The van der Waals surface area contributed by atoms with Gasteiger partial charge >= 0.3 is 5.97 Å². The van der Waals surface area contributed by atoms with Crippen LogP contribution in [0.15, 0.2) is 33.7 Å². The molecule has 1 saturated heterocycles. The van der Waals surface area contributed by atoms with Crippen molar-refractivity contribution in [1.82, 2.24) is 14.2 Å². The average Bonchev–Trinajstić information content (AvgIpc) is 3.39. The summed E-state index contributed by atoms with van der Waals surface area (Å²) in [7, 11) is -2.37. The van der Waals surface area contributed by atoms with E-state index >= 15 is 0 Å². The monoisotopic (exact) mass is 423 g/mol. The number of esters is 1. The van der Waals surface area contributed by atoms with Gasteiger partial charge in [-0.2, -0.15) is 4.31 Å². The van der Waals surface area contributed by atoms with E-state index in [0.717, 1.165) is 5.76 Å². The fourth-order valence-corrected chi connectivity index (χ4v) is 5.11. The molecule has 0 saturated carbocycles. The molecule has 0 spiro atoms. The predicted molar refractivity (Wildman–Crippen MR) is 104 cm³/mol. The topological polar surface area (TPSA) is 111 Å². The zero-order valence-electron chi connectivity index (χ0n) is 16.7. The molecule has 0 radical (unpaired) electrons. The van der Waals surface area contributed by atoms with Crippen molar-refractivity contribution in [2.45, 2.75) is 44.2 Å². The van der Waals surface area contributed by atoms with E-state index in [9.17, 15) is 18.0 Å². The molecule has 1 amide bonds. The normalized spacial score (nSPS) is 17.4. The van der Waals surface area contributed by atoms with Gasteiger partial charge in [0, 0.05) is 19.8 Å². The average molecular weight is 423 g/mol. The van der Waals surface area contributed by atoms with Gasteiger partial charge in [0.2, 0.25) is 15.9 Å². The summed E-state index contributed by atoms with van der Waals surface area (Å²) in [5.41, 5.74) is 0.138. The molecular weight excluding hydrogens is 398 g/mol. The molecule has 0 aromatic carbocycles. The first-order valence-corrected chi connectivity index (χ1v) is 10.9. The number of hydrogen-bond donors (Lipinski definition) is 1. The van der Waals surface area contributed by atoms with Crippen molar-refractivity contribution in [3.63, 3.8) is 0 Å². The molecule has 9 nitrogen and oxygen atoms in total. The van der Waals surface area contributed by atoms with Crippen molar-refractivity contribution in [2.24, 2.45) is 7.05 Å². The molecular formula is C19H25N3O6S. The maximum Gasteiger partial charge on any atom is 0.354 e. The van der Waals surface area contributed by atoms with E-state index in [1.54, 1.807) is 33.0 Å². The van der Waals surface area contributed by atoms with Gasteiger partial charge in [-0.3, -0.25) is 4.79 Å². The van der Waals surface area contributed by atoms with E-state index in [0.29, 0.717) is 18.6 Å². The molecule has 158 valence electrons. The quantitative estimate of drug-likeness (QED) is 0.677. The highest BCUT2D eigenvalue weighted by Gasteiger charge is 2.40. The number of aryl methyl sites for hydroxylation is 2. The third-order valence-corrected chi connectivity index (χ3v) is 6.68. The van der Waals surface area contributed by atoms with Crippen LogP contribution < -0.4 is 5.32 Å². The minimum atomic E-state index is -3.94. The Morgan fingerprint density at radius 2 is 2.10 bits per heavy atom. The van der Waals surface area contributed by atoms with Crippen molar-refractivity contribution in [3.05, 3.63) is 41.6 Å². The zero-order valence-corrected chi connectivity index (χ0v) is 17.5. The Morgan fingerprint density at radius 1 is 1.34 bits per heavy atom. The Balaban J connectivity index is 1.76. The number of nitrogens with zero attached hydrogens (tertiary/aromatic N) is 2. The molecule has 1 fully saturated rings. The summed E-state index contributed by atoms with van der Waals surface area (Å²) in [4.78, 5) is 24.6. The fourth-order valence-electron chi connectivity index (χ4n) is 3.38. The van der Waals surface area contributed by atoms with Gasteiger partial charge < -0.3 is 19.0 Å². The van der Waals surface area contributed by atoms with Crippen LogP contribution in [0.2, 0.25) is 0 Å². The molecule has 2 aromatic heterocycles. The molecule has 10 heteroatoms. The van der Waals surface area contributed by atoms with Crippen molar-refractivity contribution in [3.8, 4) is 0 Å². The lowest BCUT2D eigenvalue weighted by molar-refractivity contribution is -0.124. The van der Waals surface area contributed by atoms with Crippen molar-refractivity contribution in [1.29, 1.82) is 0 Å². The summed E-state index contributed by atoms with van der Waals surface area (Å²) in [5, 5.41) is 2.74. The number of sulfonamides is 1. The molecule has 1 atom stereocenters. The Morgan fingerprint density at radius 3 is 2.76 bits per heavy atom. The summed E-state index contributed by atoms with van der Waals surface area (Å²) in [6.07, 6.45) is 2.37. The van der Waals surface area contributed by atoms with Crippen molar-refractivity contribution >= 4 is 21.9 Å². The van der Waals surface area contributed by atoms with Crippen LogP contribution in [0.3, 0.4) is 0 Å². The van der Waals surface area contributed by atoms with Crippen LogP contribution >= 0.6 is 0 Å². The number of amides is 1. The molecule has 0 bridgehead atoms. The number of aromatic nitrogens is 1. The first-order valence-electron chi connectivity index (χ1n) is 9.42. The molecule has 0 aliphatic carbocycles. The lowest BCUT2D eigenvalue weighted by Gasteiger charge is -2.22. The second-order valence-electron chi connectivity index (χ2n) is 6.90. The molecule has 2 aromatic rings. The van der Waals surface area contributed by atoms with Gasteiger partial charge in [-0.25, -0.2) is 13.2 Å². The molecule has 0 unspecified atom stereocenters. The van der Waals surface area contributed by atoms with Crippen LogP contribution in [0, 0.1) is 6.92 Å². The number of hydrogen-bond acceptors (Lipinski definition) is 6. The zero-order chi connectivity index (χ0) is 21.2. The molecule has 1 aliphatic rings. The molecule has 1 aliphatic heterocycles. The van der Waals surface area contributed by atoms with Crippen LogP contribution in [0.1, 0.15) is 41.8 Å². The van der Waals surface area contributed by atoms with Gasteiger partial charge in [0.1, 0.15) is 28.2 Å². The first kappa shape index (κ1) is 21.1. The van der Waals surface area contributed by atoms with Crippen molar-refractivity contribution in [2.75, 3.05) is 13.2 Å². The molecule has 3 heterocycles. The van der Waals surface area contributed by atoms with E-state index < -0.39 is 22.0 Å². The van der Waals surface area contributed by atoms with Gasteiger partial charge in [-0.1, -0.05) is 0 Å². The lowest BCUT2D eigenvalue weighted by atomic mass is 10.2. The second kappa shape index (κ2) is 8.42. The van der Waals surface area contributed by atoms with Gasteiger partial charge in [0.05, 0.1) is 13.2 Å². The summed E-state index contributed by atoms with van der Waals surface area (Å²) in [6.45, 7) is 4.10. The van der Waals surface area contributed by atoms with E-state index in [2.05, 4.69) is 5.32 Å². The van der Waals surface area contributed by atoms with Crippen LogP contribution in [0.25, 0.3) is 0 Å². The maximum absolute atomic E-state index is 13.1. The minimum absolute atomic E-state index is 0.0376. The van der Waals surface area contributed by atoms with Gasteiger partial charge in [-0.15, -0.1) is 0 Å². The Bertz CT molecular complexity index is 1010. The second-order valence-corrected chi connectivity index (χ2v) is 8.79. The van der Waals surface area contributed by atoms with E-state index in [-0.39, 0.29) is 36.2 Å². The largest absolute Gasteiger partial charge is 0.465 e. The molecule has 29 heavy (non-hydrogen) atoms. The van der Waals surface area contributed by atoms with Crippen molar-refractivity contribution < 1.29 is 27.2 Å². The smallest absolute Gasteiger partial charge is 0.354 e. The van der Waals surface area contributed by atoms with E-state index in [1.807, 2.05) is 0 Å². The Labute approximate surface area is 169 Å². The number of ether oxygens (including phenoxy) is 1. The fraction of sp³-hybridized carbons (Fsp3) is 0.474. The highest BCUT2D eigenvalue weighted by Crippen LogP contribution is 2.27. The van der Waals surface area contributed by atoms with Crippen LogP contribution in [0.5, 0.6) is 0 Å². The standard InChI is InChI=1S/C19H25N3O6S/c1-4-27-19(24)17-10-15(12-21(17)3)29(25,26)22-9-5-6-16(22)18(23)20-11-14-8-7-13(2)28-14/h7-8,10,12,16H,4-6,9,11H2,1-3H3,(H,20,23)/t16-/m1/s1. The lowest BCUT2D eigenvalue weighted by Crippen LogP contribution is -2.45. The number of carbonyl (C=O) groups is 2. The van der Waals surface area contributed by atoms with Crippen LogP contribution in [-0.2, 0) is 33.1 Å². The highest BCUT2D eigenvalue weighted by molar-refractivity contribution is 7.89. The van der Waals surface area contributed by atoms with Gasteiger partial charge in [-0.05, 0) is 44.9 Å². The minimum Gasteiger partial charge on any atom is -0.465 e. The van der Waals surface area contributed by atoms with E-state index in [1.165, 1.54) is 21.1 Å². The molecule has 3 rings (SSSR count). The molecule has 1 N–H and O–H groups in total. The number of rotatable bonds is 7. The summed E-state index contributed by atoms with van der Waals surface area (Å²) < 4.78 is 39.3. The van der Waals surface area contributed by atoms with Crippen LogP contribution in [0.4, 0.5) is 0 Å². The Kier molecular flexibility index (Phi) is 6.13. The number of furan rings is 1. The number of carbonyl (C=O) groups excluding carboxylic acids is 2. The van der Waals surface area contributed by atoms with E-state index in [4.69, 9.17) is 9.15 Å². The maximum atomic E-state index is 13.1. The van der Waals surface area contributed by atoms with Gasteiger partial charge in [0.25, 0.3) is 0 Å². The van der Waals surface area contributed by atoms with Crippen LogP contribution in [-0.4, -0.2) is 48.4 Å². The summed E-state index contributed by atoms with van der Waals surface area (Å²) in [6, 6.07) is 4.04. The van der Waals surface area contributed by atoms with Gasteiger partial charge in [0.15, 0.2) is 0 Å². The SMILES string of the molecule is CCOC(=O)c1cc(S(=O)(=O)N2CCC[C@@H]2C(=O)NCc2ccc(C)o2)cn1C. The third kappa shape index (κ3) is 4.38. The highest BCUT2D eigenvalue weighted by atomic mass is 32.2. The summed E-state index contributed by atoms with van der Waals surface area (Å²) >= 11 is 0. The summed E-state index contributed by atoms with van der Waals surface area (Å²) in [5.74, 6) is 0.369.